The Morgan fingerprint density at radius 2 is 2.48 bits per heavy atom. The molecule has 2 aromatic rings. The minimum Gasteiger partial charge on any atom is -0.494 e. The van der Waals surface area contributed by atoms with E-state index in [0.29, 0.717) is 25.6 Å². The van der Waals surface area contributed by atoms with E-state index in [2.05, 4.69) is 9.97 Å². The molecule has 1 unspecified atom stereocenters. The predicted molar refractivity (Wildman–Crippen MR) is 81.9 cm³/mol. The standard InChI is InChI=1S/C15H18N2O3S/c1-2-20-11-3-4-12-13(7-11)17-15(16-12)21-9-14(18)10-5-6-19-8-10/h3-4,7,10H,2,5-6,8-9H2,1H3,(H,16,17). The van der Waals surface area contributed by atoms with E-state index in [1.54, 1.807) is 0 Å². The van der Waals surface area contributed by atoms with E-state index < -0.39 is 0 Å². The van der Waals surface area contributed by atoms with Crippen LogP contribution >= 0.6 is 11.8 Å². The Balaban J connectivity index is 1.65. The number of aromatic amines is 1. The van der Waals surface area contributed by atoms with Crippen molar-refractivity contribution >= 4 is 28.6 Å². The monoisotopic (exact) mass is 306 g/mol. The first-order valence-electron chi connectivity index (χ1n) is 7.12. The number of H-pyrrole nitrogens is 1. The summed E-state index contributed by atoms with van der Waals surface area (Å²) in [4.78, 5) is 19.7. The number of thioether (sulfide) groups is 1. The van der Waals surface area contributed by atoms with E-state index in [4.69, 9.17) is 9.47 Å². The molecule has 1 aliphatic heterocycles. The topological polar surface area (TPSA) is 64.2 Å². The first-order valence-corrected chi connectivity index (χ1v) is 8.10. The zero-order valence-corrected chi connectivity index (χ0v) is 12.7. The maximum Gasteiger partial charge on any atom is 0.166 e. The van der Waals surface area contributed by atoms with Gasteiger partial charge in [0.2, 0.25) is 0 Å². The quantitative estimate of drug-likeness (QED) is 0.831. The van der Waals surface area contributed by atoms with Gasteiger partial charge in [0, 0.05) is 18.6 Å². The fourth-order valence-electron chi connectivity index (χ4n) is 2.34. The molecule has 2 heterocycles. The van der Waals surface area contributed by atoms with Gasteiger partial charge in [-0.25, -0.2) is 4.98 Å². The van der Waals surface area contributed by atoms with Gasteiger partial charge in [-0.3, -0.25) is 4.79 Å². The van der Waals surface area contributed by atoms with Crippen molar-refractivity contribution in [2.75, 3.05) is 25.6 Å². The van der Waals surface area contributed by atoms with Gasteiger partial charge in [0.25, 0.3) is 0 Å². The number of hydrogen-bond donors (Lipinski definition) is 1. The van der Waals surface area contributed by atoms with Crippen molar-refractivity contribution < 1.29 is 14.3 Å². The minimum atomic E-state index is 0.0615. The lowest BCUT2D eigenvalue weighted by atomic mass is 10.1. The fourth-order valence-corrected chi connectivity index (χ4v) is 3.20. The number of ether oxygens (including phenoxy) is 2. The summed E-state index contributed by atoms with van der Waals surface area (Å²) in [6.07, 6.45) is 0.844. The van der Waals surface area contributed by atoms with E-state index in [0.717, 1.165) is 28.4 Å². The van der Waals surface area contributed by atoms with Crippen LogP contribution in [0.25, 0.3) is 11.0 Å². The summed E-state index contributed by atoms with van der Waals surface area (Å²) in [6, 6.07) is 5.76. The highest BCUT2D eigenvalue weighted by molar-refractivity contribution is 7.99. The highest BCUT2D eigenvalue weighted by Crippen LogP contribution is 2.24. The number of nitrogens with zero attached hydrogens (tertiary/aromatic N) is 1. The highest BCUT2D eigenvalue weighted by atomic mass is 32.2. The Kier molecular flexibility index (Phi) is 4.45. The minimum absolute atomic E-state index is 0.0615. The van der Waals surface area contributed by atoms with Gasteiger partial charge in [0.15, 0.2) is 5.16 Å². The zero-order valence-electron chi connectivity index (χ0n) is 11.9. The third kappa shape index (κ3) is 3.39. The maximum atomic E-state index is 12.0. The SMILES string of the molecule is CCOc1ccc2nc(SCC(=O)C3CCOC3)[nH]c2c1. The predicted octanol–water partition coefficient (Wildman–Crippen LogP) is 2.66. The molecule has 0 spiro atoms. The van der Waals surface area contributed by atoms with Gasteiger partial charge in [-0.2, -0.15) is 0 Å². The third-order valence-corrected chi connectivity index (χ3v) is 4.37. The van der Waals surface area contributed by atoms with Crippen molar-refractivity contribution in [2.45, 2.75) is 18.5 Å². The molecular formula is C15H18N2O3S. The number of hydrogen-bond acceptors (Lipinski definition) is 5. The fraction of sp³-hybridized carbons (Fsp3) is 0.467. The van der Waals surface area contributed by atoms with Crippen LogP contribution in [0.4, 0.5) is 0 Å². The molecule has 5 nitrogen and oxygen atoms in total. The van der Waals surface area contributed by atoms with E-state index >= 15 is 0 Å². The van der Waals surface area contributed by atoms with Crippen molar-refractivity contribution in [3.63, 3.8) is 0 Å². The second-order valence-corrected chi connectivity index (χ2v) is 5.93. The number of Topliss-reactive ketones (excluding diaryl/α,β-unsaturated/α-hetero) is 1. The molecule has 0 bridgehead atoms. The number of carbonyl (C=O) groups is 1. The van der Waals surface area contributed by atoms with E-state index in [1.165, 1.54) is 11.8 Å². The Hall–Kier alpha value is -1.53. The summed E-state index contributed by atoms with van der Waals surface area (Å²) >= 11 is 1.45. The van der Waals surface area contributed by atoms with Crippen molar-refractivity contribution in [3.05, 3.63) is 18.2 Å². The molecule has 0 saturated carbocycles. The van der Waals surface area contributed by atoms with Crippen LogP contribution in [0.1, 0.15) is 13.3 Å². The first kappa shape index (κ1) is 14.4. The summed E-state index contributed by atoms with van der Waals surface area (Å²) < 4.78 is 10.7. The van der Waals surface area contributed by atoms with Gasteiger partial charge in [0.1, 0.15) is 11.5 Å². The lowest BCUT2D eigenvalue weighted by molar-refractivity contribution is -0.120. The van der Waals surface area contributed by atoms with E-state index in [-0.39, 0.29) is 11.7 Å². The molecule has 1 saturated heterocycles. The van der Waals surface area contributed by atoms with Crippen LogP contribution < -0.4 is 4.74 Å². The third-order valence-electron chi connectivity index (χ3n) is 3.48. The summed E-state index contributed by atoms with van der Waals surface area (Å²) in [5.41, 5.74) is 1.82. The summed E-state index contributed by atoms with van der Waals surface area (Å²) in [5.74, 6) is 1.57. The number of rotatable bonds is 6. The van der Waals surface area contributed by atoms with Crippen molar-refractivity contribution in [1.29, 1.82) is 0 Å². The summed E-state index contributed by atoms with van der Waals surface area (Å²) in [7, 11) is 0. The molecule has 0 aliphatic carbocycles. The van der Waals surface area contributed by atoms with E-state index in [9.17, 15) is 4.79 Å². The molecule has 1 atom stereocenters. The zero-order chi connectivity index (χ0) is 14.7. The van der Waals surface area contributed by atoms with Crippen LogP contribution in [0.3, 0.4) is 0 Å². The second kappa shape index (κ2) is 6.49. The molecule has 112 valence electrons. The molecule has 1 N–H and O–H groups in total. The van der Waals surface area contributed by atoms with Crippen molar-refractivity contribution in [2.24, 2.45) is 5.92 Å². The van der Waals surface area contributed by atoms with Crippen molar-refractivity contribution in [3.8, 4) is 5.75 Å². The molecule has 21 heavy (non-hydrogen) atoms. The van der Waals surface area contributed by atoms with Crippen LogP contribution in [0.15, 0.2) is 23.4 Å². The molecule has 1 aliphatic rings. The Morgan fingerprint density at radius 1 is 1.57 bits per heavy atom. The average Bonchev–Trinajstić information content (AvgIpc) is 3.13. The Morgan fingerprint density at radius 3 is 3.24 bits per heavy atom. The van der Waals surface area contributed by atoms with Crippen LogP contribution in [-0.2, 0) is 9.53 Å². The first-order chi connectivity index (χ1) is 10.3. The summed E-state index contributed by atoms with van der Waals surface area (Å²) in [6.45, 7) is 3.86. The van der Waals surface area contributed by atoms with E-state index in [1.807, 2.05) is 25.1 Å². The Bertz CT molecular complexity index is 635. The van der Waals surface area contributed by atoms with Crippen LogP contribution in [0.2, 0.25) is 0 Å². The number of imidazole rings is 1. The normalized spacial score (nSPS) is 18.2. The molecule has 3 rings (SSSR count). The van der Waals surface area contributed by atoms with Gasteiger partial charge in [0.05, 0.1) is 30.0 Å². The van der Waals surface area contributed by atoms with Gasteiger partial charge < -0.3 is 14.5 Å². The molecule has 1 fully saturated rings. The van der Waals surface area contributed by atoms with Gasteiger partial charge in [-0.05, 0) is 25.5 Å². The number of fused-ring (bicyclic) bond motifs is 1. The highest BCUT2D eigenvalue weighted by Gasteiger charge is 2.23. The van der Waals surface area contributed by atoms with Crippen LogP contribution in [-0.4, -0.2) is 41.3 Å². The average molecular weight is 306 g/mol. The molecule has 0 radical (unpaired) electrons. The second-order valence-electron chi connectivity index (χ2n) is 4.97. The van der Waals surface area contributed by atoms with Gasteiger partial charge in [-0.1, -0.05) is 11.8 Å². The number of nitrogens with one attached hydrogen (secondary N) is 1. The number of benzene rings is 1. The van der Waals surface area contributed by atoms with Gasteiger partial charge in [-0.15, -0.1) is 0 Å². The van der Waals surface area contributed by atoms with Crippen molar-refractivity contribution in [1.82, 2.24) is 9.97 Å². The molecule has 0 amide bonds. The molecule has 1 aromatic carbocycles. The number of aromatic nitrogens is 2. The smallest absolute Gasteiger partial charge is 0.166 e. The Labute approximate surface area is 127 Å². The number of carbonyl (C=O) groups excluding carboxylic acids is 1. The van der Waals surface area contributed by atoms with Crippen LogP contribution in [0.5, 0.6) is 5.75 Å². The number of ketones is 1. The maximum absolute atomic E-state index is 12.0. The summed E-state index contributed by atoms with van der Waals surface area (Å²) in [5, 5.41) is 0.769. The molecule has 1 aromatic heterocycles. The lowest BCUT2D eigenvalue weighted by Gasteiger charge is -2.04. The lowest BCUT2D eigenvalue weighted by Crippen LogP contribution is -2.16. The molecule has 6 heteroatoms. The van der Waals surface area contributed by atoms with Crippen LogP contribution in [0, 0.1) is 5.92 Å². The molecular weight excluding hydrogens is 288 g/mol. The largest absolute Gasteiger partial charge is 0.494 e. The van der Waals surface area contributed by atoms with Gasteiger partial charge >= 0.3 is 0 Å².